The lowest BCUT2D eigenvalue weighted by Crippen LogP contribution is -2.23. The minimum Gasteiger partial charge on any atom is -0.481 e. The van der Waals surface area contributed by atoms with Crippen molar-refractivity contribution in [2.75, 3.05) is 13.2 Å². The van der Waals surface area contributed by atoms with Crippen molar-refractivity contribution >= 4 is 5.97 Å². The zero-order chi connectivity index (χ0) is 11.7. The van der Waals surface area contributed by atoms with E-state index >= 15 is 0 Å². The van der Waals surface area contributed by atoms with Gasteiger partial charge in [-0.3, -0.25) is 4.79 Å². The molecule has 90 valence electrons. The third-order valence-electron chi connectivity index (χ3n) is 2.56. The van der Waals surface area contributed by atoms with E-state index in [1.54, 1.807) is 13.8 Å². The second kappa shape index (κ2) is 7.69. The molecule has 1 N–H and O–H groups in total. The van der Waals surface area contributed by atoms with Crippen molar-refractivity contribution in [2.24, 2.45) is 5.41 Å². The maximum Gasteiger partial charge on any atom is 0.309 e. The van der Waals surface area contributed by atoms with Crippen molar-refractivity contribution in [3.05, 3.63) is 0 Å². The first-order chi connectivity index (χ1) is 7.00. The van der Waals surface area contributed by atoms with Crippen LogP contribution < -0.4 is 0 Å². The minimum absolute atomic E-state index is 0.618. The van der Waals surface area contributed by atoms with E-state index in [-0.39, 0.29) is 0 Å². The average Bonchev–Trinajstić information content (AvgIpc) is 2.16. The Balaban J connectivity index is 3.35. The highest BCUT2D eigenvalue weighted by Gasteiger charge is 2.25. The molecule has 0 aliphatic rings. The summed E-state index contributed by atoms with van der Waals surface area (Å²) in [4.78, 5) is 10.8. The van der Waals surface area contributed by atoms with Crippen LogP contribution in [0.2, 0.25) is 0 Å². The summed E-state index contributed by atoms with van der Waals surface area (Å²) < 4.78 is 5.42. The maximum atomic E-state index is 10.8. The smallest absolute Gasteiger partial charge is 0.309 e. The highest BCUT2D eigenvalue weighted by atomic mass is 16.5. The molecule has 0 saturated heterocycles. The standard InChI is InChI=1S/C12H24O3/c1-4-5-6-9-15-10-7-8-12(2,3)11(13)14/h4-10H2,1-3H3,(H,13,14). The van der Waals surface area contributed by atoms with Gasteiger partial charge in [0.15, 0.2) is 0 Å². The van der Waals surface area contributed by atoms with Crippen LogP contribution in [-0.4, -0.2) is 24.3 Å². The summed E-state index contributed by atoms with van der Waals surface area (Å²) in [5.74, 6) is -0.728. The van der Waals surface area contributed by atoms with Crippen LogP contribution in [0, 0.1) is 5.41 Å². The normalized spacial score (nSPS) is 11.7. The number of hydrogen-bond donors (Lipinski definition) is 1. The van der Waals surface area contributed by atoms with Gasteiger partial charge < -0.3 is 9.84 Å². The lowest BCUT2D eigenvalue weighted by atomic mass is 9.88. The summed E-state index contributed by atoms with van der Waals surface area (Å²) in [6, 6.07) is 0. The molecular weight excluding hydrogens is 192 g/mol. The van der Waals surface area contributed by atoms with E-state index < -0.39 is 11.4 Å². The molecule has 0 heterocycles. The molecule has 0 spiro atoms. The van der Waals surface area contributed by atoms with Gasteiger partial charge in [-0.15, -0.1) is 0 Å². The molecule has 0 rings (SSSR count). The Morgan fingerprint density at radius 3 is 2.33 bits per heavy atom. The van der Waals surface area contributed by atoms with Crippen molar-refractivity contribution in [3.8, 4) is 0 Å². The number of carboxylic acids is 1. The number of unbranched alkanes of at least 4 members (excludes halogenated alkanes) is 2. The third kappa shape index (κ3) is 7.37. The highest BCUT2D eigenvalue weighted by molar-refractivity contribution is 5.73. The van der Waals surface area contributed by atoms with E-state index in [0.717, 1.165) is 19.4 Å². The van der Waals surface area contributed by atoms with Crippen molar-refractivity contribution < 1.29 is 14.6 Å². The van der Waals surface area contributed by atoms with Gasteiger partial charge in [0.1, 0.15) is 0 Å². The van der Waals surface area contributed by atoms with Gasteiger partial charge in [0.25, 0.3) is 0 Å². The first-order valence-electron chi connectivity index (χ1n) is 5.82. The molecule has 3 heteroatoms. The first kappa shape index (κ1) is 14.4. The summed E-state index contributed by atoms with van der Waals surface area (Å²) in [5, 5.41) is 8.87. The zero-order valence-electron chi connectivity index (χ0n) is 10.2. The molecular formula is C12H24O3. The van der Waals surface area contributed by atoms with Crippen molar-refractivity contribution in [3.63, 3.8) is 0 Å². The summed E-state index contributed by atoms with van der Waals surface area (Å²) in [6.07, 6.45) is 5.02. The van der Waals surface area contributed by atoms with Gasteiger partial charge in [-0.05, 0) is 33.1 Å². The van der Waals surface area contributed by atoms with E-state index in [0.29, 0.717) is 13.0 Å². The second-order valence-corrected chi connectivity index (χ2v) is 4.61. The van der Waals surface area contributed by atoms with E-state index in [1.807, 2.05) is 0 Å². The van der Waals surface area contributed by atoms with Crippen LogP contribution in [0.15, 0.2) is 0 Å². The molecule has 15 heavy (non-hydrogen) atoms. The number of ether oxygens (including phenoxy) is 1. The Labute approximate surface area is 92.8 Å². The van der Waals surface area contributed by atoms with E-state index in [4.69, 9.17) is 9.84 Å². The van der Waals surface area contributed by atoms with Crippen molar-refractivity contribution in [1.82, 2.24) is 0 Å². The summed E-state index contributed by atoms with van der Waals surface area (Å²) >= 11 is 0. The monoisotopic (exact) mass is 216 g/mol. The van der Waals surface area contributed by atoms with Crippen LogP contribution >= 0.6 is 0 Å². The quantitative estimate of drug-likeness (QED) is 0.602. The van der Waals surface area contributed by atoms with Crippen molar-refractivity contribution in [1.29, 1.82) is 0 Å². The van der Waals surface area contributed by atoms with Crippen LogP contribution in [0.4, 0.5) is 0 Å². The molecule has 0 atom stereocenters. The van der Waals surface area contributed by atoms with Gasteiger partial charge in [-0.2, -0.15) is 0 Å². The van der Waals surface area contributed by atoms with Gasteiger partial charge in [0.2, 0.25) is 0 Å². The summed E-state index contributed by atoms with van der Waals surface area (Å²) in [7, 11) is 0. The topological polar surface area (TPSA) is 46.5 Å². The Bertz CT molecular complexity index is 176. The molecule has 0 aliphatic carbocycles. The van der Waals surface area contributed by atoms with Crippen LogP contribution in [0.3, 0.4) is 0 Å². The first-order valence-corrected chi connectivity index (χ1v) is 5.82. The van der Waals surface area contributed by atoms with E-state index in [9.17, 15) is 4.79 Å². The third-order valence-corrected chi connectivity index (χ3v) is 2.56. The number of rotatable bonds is 9. The second-order valence-electron chi connectivity index (χ2n) is 4.61. The fourth-order valence-corrected chi connectivity index (χ4v) is 1.28. The largest absolute Gasteiger partial charge is 0.481 e. The number of carbonyl (C=O) groups is 1. The maximum absolute atomic E-state index is 10.8. The van der Waals surface area contributed by atoms with Gasteiger partial charge >= 0.3 is 5.97 Å². The number of hydrogen-bond acceptors (Lipinski definition) is 2. The fourth-order valence-electron chi connectivity index (χ4n) is 1.28. The molecule has 3 nitrogen and oxygen atoms in total. The molecule has 0 aromatic carbocycles. The summed E-state index contributed by atoms with van der Waals surface area (Å²) in [5.41, 5.74) is -0.618. The molecule has 0 unspecified atom stereocenters. The van der Waals surface area contributed by atoms with E-state index in [1.165, 1.54) is 12.8 Å². The van der Waals surface area contributed by atoms with Gasteiger partial charge in [-0.25, -0.2) is 0 Å². The predicted molar refractivity (Wildman–Crippen MR) is 61.0 cm³/mol. The van der Waals surface area contributed by atoms with Gasteiger partial charge in [-0.1, -0.05) is 19.8 Å². The summed E-state index contributed by atoms with van der Waals surface area (Å²) in [6.45, 7) is 7.16. The Morgan fingerprint density at radius 1 is 1.20 bits per heavy atom. The minimum atomic E-state index is -0.728. The molecule has 0 radical (unpaired) electrons. The van der Waals surface area contributed by atoms with Crippen LogP contribution in [-0.2, 0) is 9.53 Å². The zero-order valence-corrected chi connectivity index (χ0v) is 10.2. The van der Waals surface area contributed by atoms with Crippen LogP contribution in [0.25, 0.3) is 0 Å². The molecule has 0 aromatic rings. The Hall–Kier alpha value is -0.570. The number of carboxylic acid groups (broad SMARTS) is 1. The molecule has 0 aromatic heterocycles. The Kier molecular flexibility index (Phi) is 7.39. The molecule has 0 aliphatic heterocycles. The predicted octanol–water partition coefficient (Wildman–Crippen LogP) is 3.08. The van der Waals surface area contributed by atoms with Crippen LogP contribution in [0.5, 0.6) is 0 Å². The SMILES string of the molecule is CCCCCOCCCC(C)(C)C(=O)O. The van der Waals surface area contributed by atoms with Crippen molar-refractivity contribution in [2.45, 2.75) is 52.9 Å². The average molecular weight is 216 g/mol. The molecule has 0 amide bonds. The lowest BCUT2D eigenvalue weighted by molar-refractivity contribution is -0.147. The molecule has 0 bridgehead atoms. The Morgan fingerprint density at radius 2 is 1.80 bits per heavy atom. The van der Waals surface area contributed by atoms with Gasteiger partial charge in [0, 0.05) is 13.2 Å². The molecule has 0 saturated carbocycles. The van der Waals surface area contributed by atoms with E-state index in [2.05, 4.69) is 6.92 Å². The lowest BCUT2D eigenvalue weighted by Gasteiger charge is -2.18. The van der Waals surface area contributed by atoms with Crippen LogP contribution in [0.1, 0.15) is 52.9 Å². The number of aliphatic carboxylic acids is 1. The fraction of sp³-hybridized carbons (Fsp3) is 0.917. The molecule has 0 fully saturated rings. The highest BCUT2D eigenvalue weighted by Crippen LogP contribution is 2.22. The van der Waals surface area contributed by atoms with Gasteiger partial charge in [0.05, 0.1) is 5.41 Å².